The average molecular weight is 353 g/mol. The van der Waals surface area contributed by atoms with Crippen molar-refractivity contribution >= 4 is 11.7 Å². The van der Waals surface area contributed by atoms with E-state index in [2.05, 4.69) is 5.32 Å². The maximum atomic E-state index is 13.2. The van der Waals surface area contributed by atoms with Crippen LogP contribution in [0.2, 0.25) is 0 Å². The van der Waals surface area contributed by atoms with E-state index in [1.165, 1.54) is 6.07 Å². The summed E-state index contributed by atoms with van der Waals surface area (Å²) < 4.78 is 26.2. The van der Waals surface area contributed by atoms with Gasteiger partial charge in [-0.25, -0.2) is 8.78 Å². The van der Waals surface area contributed by atoms with Gasteiger partial charge in [0.05, 0.1) is 6.54 Å². The topological polar surface area (TPSA) is 66.4 Å². The minimum atomic E-state index is -1.51. The molecule has 2 unspecified atom stereocenters. The van der Waals surface area contributed by atoms with E-state index in [1.54, 1.807) is 0 Å². The Morgan fingerprint density at radius 1 is 1.28 bits per heavy atom. The van der Waals surface area contributed by atoms with Gasteiger partial charge in [-0.2, -0.15) is 0 Å². The van der Waals surface area contributed by atoms with E-state index >= 15 is 0 Å². The highest BCUT2D eigenvalue weighted by Gasteiger charge is 2.48. The fourth-order valence-corrected chi connectivity index (χ4v) is 3.72. The number of nitrogens with one attached hydrogen (secondary N) is 1. The molecule has 0 spiro atoms. The Kier molecular flexibility index (Phi) is 5.93. The monoisotopic (exact) mass is 353 g/mol. The van der Waals surface area contributed by atoms with Crippen LogP contribution in [0, 0.1) is 29.4 Å². The first-order chi connectivity index (χ1) is 11.6. The Balaban J connectivity index is 2.06. The third-order valence-electron chi connectivity index (χ3n) is 5.09. The van der Waals surface area contributed by atoms with Gasteiger partial charge in [-0.05, 0) is 48.8 Å². The van der Waals surface area contributed by atoms with Crippen LogP contribution in [-0.2, 0) is 4.79 Å². The second kappa shape index (κ2) is 7.60. The van der Waals surface area contributed by atoms with Crippen molar-refractivity contribution in [3.05, 3.63) is 35.4 Å². The van der Waals surface area contributed by atoms with Crippen LogP contribution in [0.15, 0.2) is 18.2 Å². The van der Waals surface area contributed by atoms with Gasteiger partial charge < -0.3 is 10.4 Å². The Morgan fingerprint density at radius 3 is 2.56 bits per heavy atom. The van der Waals surface area contributed by atoms with Gasteiger partial charge in [-0.1, -0.05) is 27.2 Å². The molecule has 6 heteroatoms. The third-order valence-corrected chi connectivity index (χ3v) is 5.09. The van der Waals surface area contributed by atoms with Crippen molar-refractivity contribution in [2.45, 2.75) is 45.6 Å². The number of rotatable bonds is 5. The largest absolute Gasteiger partial charge is 0.380 e. The van der Waals surface area contributed by atoms with Gasteiger partial charge in [0, 0.05) is 5.56 Å². The Morgan fingerprint density at radius 2 is 1.96 bits per heavy atom. The molecule has 2 rings (SSSR count). The number of Topliss-reactive ketones (excluding diaryl/α,β-unsaturated/α-hetero) is 1. The van der Waals surface area contributed by atoms with Crippen LogP contribution in [-0.4, -0.2) is 28.9 Å². The van der Waals surface area contributed by atoms with Crippen molar-refractivity contribution in [3.8, 4) is 0 Å². The molecule has 0 aromatic heterocycles. The molecule has 1 aliphatic rings. The van der Waals surface area contributed by atoms with Crippen molar-refractivity contribution < 1.29 is 23.5 Å². The third kappa shape index (κ3) is 4.24. The number of benzene rings is 1. The number of hydrogen-bond acceptors (Lipinski definition) is 3. The molecule has 0 heterocycles. The predicted octanol–water partition coefficient (Wildman–Crippen LogP) is 3.09. The lowest BCUT2D eigenvalue weighted by atomic mass is 9.66. The molecule has 3 atom stereocenters. The second-order valence-electron chi connectivity index (χ2n) is 7.40. The van der Waals surface area contributed by atoms with E-state index in [9.17, 15) is 23.5 Å². The van der Waals surface area contributed by atoms with E-state index in [4.69, 9.17) is 0 Å². The average Bonchev–Trinajstić information content (AvgIpc) is 2.54. The highest BCUT2D eigenvalue weighted by molar-refractivity contribution is 6.00. The van der Waals surface area contributed by atoms with Crippen LogP contribution >= 0.6 is 0 Å². The van der Waals surface area contributed by atoms with E-state index < -0.39 is 28.9 Å². The summed E-state index contributed by atoms with van der Waals surface area (Å²) >= 11 is 0. The van der Waals surface area contributed by atoms with Crippen LogP contribution in [0.4, 0.5) is 8.78 Å². The standard InChI is InChI=1S/C19H25F2NO3/c1-11(2)14-6-4-12(3)9-19(14,25)18(24)22-10-17(23)13-5-7-15(20)16(21)8-13/h5,7-8,11-12,14,25H,4,6,9-10H2,1-3H3,(H,22,24)/t12?,14?,19-/m1/s1. The van der Waals surface area contributed by atoms with Crippen LogP contribution < -0.4 is 5.32 Å². The van der Waals surface area contributed by atoms with Gasteiger partial charge in [-0.3, -0.25) is 9.59 Å². The van der Waals surface area contributed by atoms with Crippen molar-refractivity contribution in [1.29, 1.82) is 0 Å². The Bertz CT molecular complexity index is 662. The predicted molar refractivity (Wildman–Crippen MR) is 90.0 cm³/mol. The number of halogens is 2. The Labute approximate surface area is 146 Å². The molecule has 138 valence electrons. The summed E-state index contributed by atoms with van der Waals surface area (Å²) in [6.07, 6.45) is 2.05. The van der Waals surface area contributed by atoms with E-state index in [0.717, 1.165) is 25.0 Å². The number of hydrogen-bond donors (Lipinski definition) is 2. The molecular weight excluding hydrogens is 328 g/mol. The summed E-state index contributed by atoms with van der Waals surface area (Å²) in [4.78, 5) is 24.7. The summed E-state index contributed by atoms with van der Waals surface area (Å²) in [6.45, 7) is 5.54. The van der Waals surface area contributed by atoms with Crippen molar-refractivity contribution in [2.75, 3.05) is 6.54 Å². The molecule has 0 bridgehead atoms. The maximum absolute atomic E-state index is 13.2. The quantitative estimate of drug-likeness (QED) is 0.800. The highest BCUT2D eigenvalue weighted by atomic mass is 19.2. The molecule has 1 aromatic rings. The SMILES string of the molecule is CC1CCC(C(C)C)[C@@](O)(C(=O)NCC(=O)c2ccc(F)c(F)c2)C1. The van der Waals surface area contributed by atoms with Crippen LogP contribution in [0.3, 0.4) is 0 Å². The molecule has 25 heavy (non-hydrogen) atoms. The summed E-state index contributed by atoms with van der Waals surface area (Å²) in [5.74, 6) is -3.10. The lowest BCUT2D eigenvalue weighted by Gasteiger charge is -2.43. The fraction of sp³-hybridized carbons (Fsp3) is 0.579. The summed E-state index contributed by atoms with van der Waals surface area (Å²) in [6, 6.07) is 2.84. The molecule has 1 fully saturated rings. The van der Waals surface area contributed by atoms with Gasteiger partial charge in [0.15, 0.2) is 17.4 Å². The lowest BCUT2D eigenvalue weighted by Crippen LogP contribution is -2.56. The molecule has 0 radical (unpaired) electrons. The summed E-state index contributed by atoms with van der Waals surface area (Å²) in [5.41, 5.74) is -1.54. The zero-order valence-electron chi connectivity index (χ0n) is 14.8. The smallest absolute Gasteiger partial charge is 0.252 e. The summed E-state index contributed by atoms with van der Waals surface area (Å²) in [7, 11) is 0. The first kappa shape index (κ1) is 19.5. The molecule has 0 saturated heterocycles. The van der Waals surface area contributed by atoms with Gasteiger partial charge >= 0.3 is 0 Å². The van der Waals surface area contributed by atoms with Crippen molar-refractivity contribution in [3.63, 3.8) is 0 Å². The number of aliphatic hydroxyl groups is 1. The van der Waals surface area contributed by atoms with Gasteiger partial charge in [0.2, 0.25) is 0 Å². The lowest BCUT2D eigenvalue weighted by molar-refractivity contribution is -0.155. The first-order valence-corrected chi connectivity index (χ1v) is 8.64. The van der Waals surface area contributed by atoms with Crippen LogP contribution in [0.25, 0.3) is 0 Å². The molecule has 1 aliphatic carbocycles. The molecule has 4 nitrogen and oxygen atoms in total. The van der Waals surface area contributed by atoms with Crippen LogP contribution in [0.5, 0.6) is 0 Å². The molecule has 1 amide bonds. The molecule has 1 aromatic carbocycles. The van der Waals surface area contributed by atoms with Crippen LogP contribution in [0.1, 0.15) is 50.4 Å². The minimum absolute atomic E-state index is 0.0244. The normalized spacial score (nSPS) is 26.5. The number of ketones is 1. The fourth-order valence-electron chi connectivity index (χ4n) is 3.72. The number of carbonyl (C=O) groups is 2. The highest BCUT2D eigenvalue weighted by Crippen LogP contribution is 2.41. The first-order valence-electron chi connectivity index (χ1n) is 8.64. The van der Waals surface area contributed by atoms with Gasteiger partial charge in [0.1, 0.15) is 5.60 Å². The van der Waals surface area contributed by atoms with Crippen molar-refractivity contribution in [2.24, 2.45) is 17.8 Å². The minimum Gasteiger partial charge on any atom is -0.380 e. The zero-order chi connectivity index (χ0) is 18.8. The zero-order valence-corrected chi connectivity index (χ0v) is 14.8. The van der Waals surface area contributed by atoms with Crippen molar-refractivity contribution in [1.82, 2.24) is 5.32 Å². The molecule has 0 aliphatic heterocycles. The van der Waals surface area contributed by atoms with E-state index in [-0.39, 0.29) is 29.9 Å². The number of amides is 1. The van der Waals surface area contributed by atoms with E-state index in [1.807, 2.05) is 20.8 Å². The Hall–Kier alpha value is -1.82. The summed E-state index contributed by atoms with van der Waals surface area (Å²) in [5, 5.41) is 13.4. The second-order valence-corrected chi connectivity index (χ2v) is 7.40. The maximum Gasteiger partial charge on any atom is 0.252 e. The van der Waals surface area contributed by atoms with Gasteiger partial charge in [0.25, 0.3) is 5.91 Å². The molecule has 1 saturated carbocycles. The molecular formula is C19H25F2NO3. The molecule has 2 N–H and O–H groups in total. The number of carbonyl (C=O) groups excluding carboxylic acids is 2. The van der Waals surface area contributed by atoms with Gasteiger partial charge in [-0.15, -0.1) is 0 Å². The van der Waals surface area contributed by atoms with E-state index in [0.29, 0.717) is 6.42 Å².